The van der Waals surface area contributed by atoms with Crippen molar-refractivity contribution in [2.24, 2.45) is 7.05 Å². The molecule has 8 nitrogen and oxygen atoms in total. The third-order valence-electron chi connectivity index (χ3n) is 5.41. The molecule has 0 radical (unpaired) electrons. The zero-order valence-corrected chi connectivity index (χ0v) is 19.6. The summed E-state index contributed by atoms with van der Waals surface area (Å²) in [4.78, 5) is 31.8. The van der Waals surface area contributed by atoms with Gasteiger partial charge in [-0.25, -0.2) is 4.98 Å². The molecule has 0 atom stereocenters. The van der Waals surface area contributed by atoms with Crippen molar-refractivity contribution >= 4 is 46.7 Å². The predicted octanol–water partition coefficient (Wildman–Crippen LogP) is 3.52. The van der Waals surface area contributed by atoms with Crippen LogP contribution in [-0.4, -0.2) is 61.8 Å². The third kappa shape index (κ3) is 5.43. The average Bonchev–Trinajstić information content (AvgIpc) is 3.20. The van der Waals surface area contributed by atoms with E-state index < -0.39 is 5.91 Å². The molecule has 1 aliphatic rings. The largest absolute Gasteiger partial charge is 0.355 e. The standard InChI is InChI=1S/C23H23ClN6O2S/c1-29-19(18(14-27-29)23(32)28-21-7-6-17(24)13-26-21)12-20(31)15-2-4-16(5-3-15)22(25)30-8-10-33-11-9-30/h2-7,13-14,25H,8-12H2,1H3,(H,26,28,32). The minimum absolute atomic E-state index is 0.0213. The van der Waals surface area contributed by atoms with Gasteiger partial charge in [0.2, 0.25) is 0 Å². The van der Waals surface area contributed by atoms with E-state index in [9.17, 15) is 9.59 Å². The molecular weight excluding hydrogens is 460 g/mol. The Balaban J connectivity index is 1.45. The number of thioether (sulfide) groups is 1. The van der Waals surface area contributed by atoms with Crippen LogP contribution in [0, 0.1) is 5.41 Å². The number of rotatable bonds is 6. The molecule has 4 rings (SSSR count). The number of hydrogen-bond acceptors (Lipinski definition) is 6. The van der Waals surface area contributed by atoms with E-state index in [0.29, 0.717) is 33.5 Å². The van der Waals surface area contributed by atoms with Crippen LogP contribution in [-0.2, 0) is 13.5 Å². The number of benzene rings is 1. The van der Waals surface area contributed by atoms with Gasteiger partial charge in [-0.1, -0.05) is 35.9 Å². The number of Topliss-reactive ketones (excluding diaryl/α,β-unsaturated/α-hetero) is 1. The summed E-state index contributed by atoms with van der Waals surface area (Å²) in [5, 5.41) is 15.8. The lowest BCUT2D eigenvalue weighted by atomic mass is 10.0. The summed E-state index contributed by atoms with van der Waals surface area (Å²) in [5.41, 5.74) is 2.13. The van der Waals surface area contributed by atoms with Crippen molar-refractivity contribution in [2.45, 2.75) is 6.42 Å². The molecule has 170 valence electrons. The molecule has 1 aromatic carbocycles. The molecule has 0 unspecified atom stereocenters. The monoisotopic (exact) mass is 482 g/mol. The maximum atomic E-state index is 13.0. The molecule has 0 spiro atoms. The Kier molecular flexibility index (Phi) is 7.10. The smallest absolute Gasteiger partial charge is 0.260 e. The molecular formula is C23H23ClN6O2S. The second-order valence-corrected chi connectivity index (χ2v) is 9.23. The number of carbonyl (C=O) groups excluding carboxylic acids is 2. The van der Waals surface area contributed by atoms with E-state index in [2.05, 4.69) is 20.3 Å². The fourth-order valence-electron chi connectivity index (χ4n) is 3.53. The number of nitrogens with zero attached hydrogens (tertiary/aromatic N) is 4. The number of amides is 1. The van der Waals surface area contributed by atoms with E-state index in [4.69, 9.17) is 17.0 Å². The Morgan fingerprint density at radius 3 is 2.45 bits per heavy atom. The highest BCUT2D eigenvalue weighted by molar-refractivity contribution is 7.99. The van der Waals surface area contributed by atoms with Gasteiger partial charge < -0.3 is 10.2 Å². The fraction of sp³-hybridized carbons (Fsp3) is 0.261. The minimum Gasteiger partial charge on any atom is -0.355 e. The van der Waals surface area contributed by atoms with Gasteiger partial charge in [-0.3, -0.25) is 19.7 Å². The number of amidine groups is 1. The molecule has 3 heterocycles. The molecule has 1 saturated heterocycles. The summed E-state index contributed by atoms with van der Waals surface area (Å²) in [6.07, 6.45) is 2.90. The van der Waals surface area contributed by atoms with Gasteiger partial charge in [0.15, 0.2) is 5.78 Å². The first-order valence-electron chi connectivity index (χ1n) is 10.4. The Morgan fingerprint density at radius 2 is 1.79 bits per heavy atom. The summed E-state index contributed by atoms with van der Waals surface area (Å²) in [6, 6.07) is 10.3. The molecule has 1 aliphatic heterocycles. The first-order chi connectivity index (χ1) is 15.9. The summed E-state index contributed by atoms with van der Waals surface area (Å²) in [5.74, 6) is 2.35. The van der Waals surface area contributed by atoms with Crippen LogP contribution < -0.4 is 5.32 Å². The molecule has 1 amide bonds. The lowest BCUT2D eigenvalue weighted by Crippen LogP contribution is -2.37. The van der Waals surface area contributed by atoms with Crippen LogP contribution in [0.15, 0.2) is 48.8 Å². The van der Waals surface area contributed by atoms with Crippen molar-refractivity contribution in [3.05, 3.63) is 76.2 Å². The van der Waals surface area contributed by atoms with Gasteiger partial charge in [0.25, 0.3) is 5.91 Å². The van der Waals surface area contributed by atoms with Crippen molar-refractivity contribution in [3.8, 4) is 0 Å². The first-order valence-corrected chi connectivity index (χ1v) is 11.9. The topological polar surface area (TPSA) is 104 Å². The zero-order chi connectivity index (χ0) is 23.4. The van der Waals surface area contributed by atoms with E-state index in [-0.39, 0.29) is 12.2 Å². The summed E-state index contributed by atoms with van der Waals surface area (Å²) in [7, 11) is 1.70. The van der Waals surface area contributed by atoms with Gasteiger partial charge in [0.1, 0.15) is 11.7 Å². The van der Waals surface area contributed by atoms with Crippen molar-refractivity contribution in [1.82, 2.24) is 19.7 Å². The van der Waals surface area contributed by atoms with Crippen LogP contribution in [0.4, 0.5) is 5.82 Å². The first kappa shape index (κ1) is 23.0. The maximum Gasteiger partial charge on any atom is 0.260 e. The number of hydrogen-bond donors (Lipinski definition) is 2. The fourth-order valence-corrected chi connectivity index (χ4v) is 4.55. The van der Waals surface area contributed by atoms with Crippen molar-refractivity contribution < 1.29 is 9.59 Å². The van der Waals surface area contributed by atoms with E-state index in [0.717, 1.165) is 30.2 Å². The lowest BCUT2D eigenvalue weighted by molar-refractivity contribution is 0.0990. The number of halogens is 1. The molecule has 33 heavy (non-hydrogen) atoms. The predicted molar refractivity (Wildman–Crippen MR) is 131 cm³/mol. The van der Waals surface area contributed by atoms with E-state index in [1.165, 1.54) is 17.1 Å². The van der Waals surface area contributed by atoms with Crippen LogP contribution in [0.2, 0.25) is 5.02 Å². The molecule has 0 saturated carbocycles. The number of pyridine rings is 1. The molecule has 10 heteroatoms. The molecule has 3 aromatic rings. The van der Waals surface area contributed by atoms with Gasteiger partial charge in [-0.2, -0.15) is 16.9 Å². The number of aryl methyl sites for hydroxylation is 1. The number of carbonyl (C=O) groups is 2. The average molecular weight is 483 g/mol. The van der Waals surface area contributed by atoms with Crippen LogP contribution in [0.3, 0.4) is 0 Å². The normalized spacial score (nSPS) is 13.6. The Labute approximate surface area is 200 Å². The van der Waals surface area contributed by atoms with E-state index in [1.807, 2.05) is 11.8 Å². The lowest BCUT2D eigenvalue weighted by Gasteiger charge is -2.28. The number of aromatic nitrogens is 3. The van der Waals surface area contributed by atoms with Crippen LogP contribution in [0.5, 0.6) is 0 Å². The van der Waals surface area contributed by atoms with Crippen molar-refractivity contribution in [2.75, 3.05) is 29.9 Å². The minimum atomic E-state index is -0.399. The van der Waals surface area contributed by atoms with E-state index in [1.54, 1.807) is 43.4 Å². The highest BCUT2D eigenvalue weighted by Crippen LogP contribution is 2.17. The molecule has 2 N–H and O–H groups in total. The number of nitrogens with one attached hydrogen (secondary N) is 2. The van der Waals surface area contributed by atoms with Crippen molar-refractivity contribution in [1.29, 1.82) is 5.41 Å². The maximum absolute atomic E-state index is 13.0. The molecule has 2 aromatic heterocycles. The van der Waals surface area contributed by atoms with Gasteiger partial charge in [0, 0.05) is 49.0 Å². The Bertz CT molecular complexity index is 1170. The highest BCUT2D eigenvalue weighted by Gasteiger charge is 2.21. The second kappa shape index (κ2) is 10.2. The third-order valence-corrected chi connectivity index (χ3v) is 6.58. The van der Waals surface area contributed by atoms with Gasteiger partial charge in [-0.15, -0.1) is 0 Å². The number of anilines is 1. The molecule has 0 aliphatic carbocycles. The van der Waals surface area contributed by atoms with Crippen LogP contribution in [0.25, 0.3) is 0 Å². The Morgan fingerprint density at radius 1 is 1.09 bits per heavy atom. The second-order valence-electron chi connectivity index (χ2n) is 7.57. The van der Waals surface area contributed by atoms with Crippen LogP contribution >= 0.6 is 23.4 Å². The van der Waals surface area contributed by atoms with Gasteiger partial charge in [-0.05, 0) is 12.1 Å². The quantitative estimate of drug-likeness (QED) is 0.316. The zero-order valence-electron chi connectivity index (χ0n) is 18.0. The summed E-state index contributed by atoms with van der Waals surface area (Å²) in [6.45, 7) is 1.72. The molecule has 0 bridgehead atoms. The van der Waals surface area contributed by atoms with Gasteiger partial charge in [0.05, 0.1) is 28.9 Å². The highest BCUT2D eigenvalue weighted by atomic mass is 35.5. The van der Waals surface area contributed by atoms with E-state index >= 15 is 0 Å². The molecule has 1 fully saturated rings. The number of ketones is 1. The SMILES string of the molecule is Cn1ncc(C(=O)Nc2ccc(Cl)cn2)c1CC(=O)c1ccc(C(=N)N2CCSCC2)cc1. The summed E-state index contributed by atoms with van der Waals surface area (Å²) < 4.78 is 1.53. The van der Waals surface area contributed by atoms with Crippen molar-refractivity contribution in [3.63, 3.8) is 0 Å². The van der Waals surface area contributed by atoms with Gasteiger partial charge >= 0.3 is 0 Å². The Hall–Kier alpha value is -3.17. The summed E-state index contributed by atoms with van der Waals surface area (Å²) >= 11 is 7.73. The van der Waals surface area contributed by atoms with Crippen LogP contribution in [0.1, 0.15) is 32.0 Å².